The molecule has 9 heteroatoms. The van der Waals surface area contributed by atoms with Gasteiger partial charge in [0.15, 0.2) is 0 Å². The van der Waals surface area contributed by atoms with Crippen LogP contribution in [0.4, 0.5) is 5.69 Å². The molecule has 1 aliphatic heterocycles. The zero-order valence-electron chi connectivity index (χ0n) is 13.4. The van der Waals surface area contributed by atoms with E-state index in [0.717, 1.165) is 6.07 Å². The molecular weight excluding hydrogens is 322 g/mol. The monoisotopic (exact) mass is 343 g/mol. The van der Waals surface area contributed by atoms with Gasteiger partial charge in [-0.05, 0) is 17.9 Å². The Balaban J connectivity index is 2.47. The van der Waals surface area contributed by atoms with Gasteiger partial charge < -0.3 is 10.5 Å². The Bertz CT molecular complexity index is 717. The van der Waals surface area contributed by atoms with Crippen LogP contribution in [0.1, 0.15) is 20.3 Å². The lowest BCUT2D eigenvalue weighted by Crippen LogP contribution is -2.53. The topological polar surface area (TPSA) is 116 Å². The predicted octanol–water partition coefficient (Wildman–Crippen LogP) is 1.35. The average molecular weight is 343 g/mol. The molecule has 23 heavy (non-hydrogen) atoms. The van der Waals surface area contributed by atoms with Gasteiger partial charge in [0.2, 0.25) is 10.0 Å². The third-order valence-corrected chi connectivity index (χ3v) is 6.12. The van der Waals surface area contributed by atoms with Crippen molar-refractivity contribution in [3.05, 3.63) is 28.3 Å². The van der Waals surface area contributed by atoms with Crippen molar-refractivity contribution in [1.29, 1.82) is 0 Å². The molecule has 2 rings (SSSR count). The number of nitro groups is 1. The summed E-state index contributed by atoms with van der Waals surface area (Å²) < 4.78 is 32.2. The van der Waals surface area contributed by atoms with E-state index in [4.69, 9.17) is 10.5 Å². The standard InChI is InChI=1S/C14H21N3O5S/c1-14(2)9-16(7-6-13(14)15)23(20,21)12-8-10(17(18)19)4-5-11(12)22-3/h4-5,8,13H,6-7,9,15H2,1-3H3. The molecule has 0 aromatic heterocycles. The first-order valence-corrected chi connectivity index (χ1v) is 8.62. The fourth-order valence-corrected chi connectivity index (χ4v) is 4.45. The van der Waals surface area contributed by atoms with Crippen LogP contribution in [0, 0.1) is 15.5 Å². The molecule has 0 aliphatic carbocycles. The molecule has 1 saturated heterocycles. The van der Waals surface area contributed by atoms with Gasteiger partial charge in [-0.1, -0.05) is 13.8 Å². The quantitative estimate of drug-likeness (QED) is 0.651. The molecule has 1 heterocycles. The Kier molecular flexibility index (Phi) is 4.65. The van der Waals surface area contributed by atoms with Crippen LogP contribution >= 0.6 is 0 Å². The molecule has 0 spiro atoms. The fourth-order valence-electron chi connectivity index (χ4n) is 2.65. The van der Waals surface area contributed by atoms with E-state index in [1.807, 2.05) is 13.8 Å². The van der Waals surface area contributed by atoms with E-state index >= 15 is 0 Å². The second-order valence-electron chi connectivity index (χ2n) is 6.31. The maximum absolute atomic E-state index is 12.9. The van der Waals surface area contributed by atoms with Crippen LogP contribution in [0.25, 0.3) is 0 Å². The van der Waals surface area contributed by atoms with Gasteiger partial charge in [0.25, 0.3) is 5.69 Å². The molecule has 1 atom stereocenters. The number of benzene rings is 1. The summed E-state index contributed by atoms with van der Waals surface area (Å²) in [6.45, 7) is 4.34. The minimum absolute atomic E-state index is 0.0864. The lowest BCUT2D eigenvalue weighted by atomic mass is 9.81. The molecule has 1 fully saturated rings. The van der Waals surface area contributed by atoms with Crippen molar-refractivity contribution >= 4 is 15.7 Å². The van der Waals surface area contributed by atoms with E-state index in [1.165, 1.54) is 23.5 Å². The van der Waals surface area contributed by atoms with E-state index in [0.29, 0.717) is 6.42 Å². The predicted molar refractivity (Wildman–Crippen MR) is 84.8 cm³/mol. The van der Waals surface area contributed by atoms with Crippen LogP contribution in [0.3, 0.4) is 0 Å². The number of non-ortho nitro benzene ring substituents is 1. The highest BCUT2D eigenvalue weighted by molar-refractivity contribution is 7.89. The highest BCUT2D eigenvalue weighted by Gasteiger charge is 2.40. The van der Waals surface area contributed by atoms with Gasteiger partial charge in [-0.25, -0.2) is 8.42 Å². The van der Waals surface area contributed by atoms with Gasteiger partial charge >= 0.3 is 0 Å². The Hall–Kier alpha value is -1.71. The zero-order valence-corrected chi connectivity index (χ0v) is 14.2. The molecule has 0 radical (unpaired) electrons. The summed E-state index contributed by atoms with van der Waals surface area (Å²) in [7, 11) is -2.58. The molecule has 0 amide bonds. The lowest BCUT2D eigenvalue weighted by Gasteiger charge is -2.41. The fraction of sp³-hybridized carbons (Fsp3) is 0.571. The second-order valence-corrected chi connectivity index (χ2v) is 8.22. The van der Waals surface area contributed by atoms with Crippen LogP contribution in [-0.2, 0) is 10.0 Å². The number of piperidine rings is 1. The van der Waals surface area contributed by atoms with Gasteiger partial charge in [-0.3, -0.25) is 10.1 Å². The Morgan fingerprint density at radius 3 is 2.61 bits per heavy atom. The third-order valence-electron chi connectivity index (χ3n) is 4.25. The van der Waals surface area contributed by atoms with Crippen molar-refractivity contribution in [3.8, 4) is 5.75 Å². The van der Waals surface area contributed by atoms with Crippen LogP contribution < -0.4 is 10.5 Å². The largest absolute Gasteiger partial charge is 0.495 e. The van der Waals surface area contributed by atoms with E-state index in [9.17, 15) is 18.5 Å². The molecule has 1 unspecified atom stereocenters. The van der Waals surface area contributed by atoms with E-state index in [2.05, 4.69) is 0 Å². The number of hydrogen-bond acceptors (Lipinski definition) is 6. The summed E-state index contributed by atoms with van der Waals surface area (Å²) in [5, 5.41) is 10.9. The maximum Gasteiger partial charge on any atom is 0.271 e. The number of ether oxygens (including phenoxy) is 1. The van der Waals surface area contributed by atoms with E-state index in [-0.39, 0.29) is 40.9 Å². The minimum Gasteiger partial charge on any atom is -0.495 e. The summed E-state index contributed by atoms with van der Waals surface area (Å²) >= 11 is 0. The molecule has 0 saturated carbocycles. The summed E-state index contributed by atoms with van der Waals surface area (Å²) in [5.41, 5.74) is 5.37. The number of nitrogens with two attached hydrogens (primary N) is 1. The van der Waals surface area contributed by atoms with Crippen LogP contribution in [0.5, 0.6) is 5.75 Å². The molecule has 1 aromatic carbocycles. The van der Waals surface area contributed by atoms with Crippen LogP contribution in [0.15, 0.2) is 23.1 Å². The highest BCUT2D eigenvalue weighted by atomic mass is 32.2. The summed E-state index contributed by atoms with van der Waals surface area (Å²) in [5.74, 6) is 0.0864. The highest BCUT2D eigenvalue weighted by Crippen LogP contribution is 2.35. The molecule has 1 aromatic rings. The van der Waals surface area contributed by atoms with Crippen LogP contribution in [0.2, 0.25) is 0 Å². The van der Waals surface area contributed by atoms with Crippen molar-refractivity contribution in [2.75, 3.05) is 20.2 Å². The van der Waals surface area contributed by atoms with Gasteiger partial charge in [0.05, 0.1) is 12.0 Å². The van der Waals surface area contributed by atoms with E-state index in [1.54, 1.807) is 0 Å². The number of rotatable bonds is 4. The normalized spacial score (nSPS) is 21.8. The Labute approximate surface area is 135 Å². The molecule has 8 nitrogen and oxygen atoms in total. The number of hydrogen-bond donors (Lipinski definition) is 1. The zero-order chi connectivity index (χ0) is 17.4. The van der Waals surface area contributed by atoms with Crippen molar-refractivity contribution < 1.29 is 18.1 Å². The molecule has 1 aliphatic rings. The Morgan fingerprint density at radius 2 is 2.09 bits per heavy atom. The maximum atomic E-state index is 12.9. The first-order valence-electron chi connectivity index (χ1n) is 7.18. The number of nitrogens with zero attached hydrogens (tertiary/aromatic N) is 2. The number of sulfonamides is 1. The molecule has 0 bridgehead atoms. The summed E-state index contributed by atoms with van der Waals surface area (Å²) in [6, 6.07) is 3.45. The van der Waals surface area contributed by atoms with Crippen LogP contribution in [-0.4, -0.2) is 43.9 Å². The summed E-state index contributed by atoms with van der Waals surface area (Å²) in [4.78, 5) is 10.1. The van der Waals surface area contributed by atoms with Crippen molar-refractivity contribution in [3.63, 3.8) is 0 Å². The SMILES string of the molecule is COc1ccc([N+](=O)[O-])cc1S(=O)(=O)N1CCC(N)C(C)(C)C1. The average Bonchev–Trinajstić information content (AvgIpc) is 2.49. The van der Waals surface area contributed by atoms with Gasteiger partial charge in [-0.15, -0.1) is 0 Å². The first kappa shape index (κ1) is 17.6. The van der Waals surface area contributed by atoms with Gasteiger partial charge in [0, 0.05) is 31.3 Å². The van der Waals surface area contributed by atoms with Crippen molar-refractivity contribution in [1.82, 2.24) is 4.31 Å². The number of nitro benzene ring substituents is 1. The van der Waals surface area contributed by atoms with E-state index < -0.39 is 14.9 Å². The number of methoxy groups -OCH3 is 1. The van der Waals surface area contributed by atoms with Crippen molar-refractivity contribution in [2.24, 2.45) is 11.1 Å². The molecule has 2 N–H and O–H groups in total. The third kappa shape index (κ3) is 3.31. The first-order chi connectivity index (χ1) is 10.6. The molecular formula is C14H21N3O5S. The minimum atomic E-state index is -3.91. The smallest absolute Gasteiger partial charge is 0.271 e. The molecule has 128 valence electrons. The lowest BCUT2D eigenvalue weighted by molar-refractivity contribution is -0.385. The van der Waals surface area contributed by atoms with Gasteiger partial charge in [-0.2, -0.15) is 4.31 Å². The second kappa shape index (κ2) is 6.06. The van der Waals surface area contributed by atoms with Gasteiger partial charge in [0.1, 0.15) is 10.6 Å². The summed E-state index contributed by atoms with van der Waals surface area (Å²) in [6.07, 6.45) is 0.531. The Morgan fingerprint density at radius 1 is 1.43 bits per heavy atom. The van der Waals surface area contributed by atoms with Crippen molar-refractivity contribution in [2.45, 2.75) is 31.2 Å².